The minimum absolute atomic E-state index is 0.245. The van der Waals surface area contributed by atoms with Gasteiger partial charge in [0.25, 0.3) is 0 Å². The number of alkyl halides is 4. The average Bonchev–Trinajstić information content (AvgIpc) is 3.06. The van der Waals surface area contributed by atoms with Gasteiger partial charge in [0.05, 0.1) is 6.42 Å². The molecular formula is C33H46F5NOS. The summed E-state index contributed by atoms with van der Waals surface area (Å²) in [5.74, 6) is 0.384. The number of aryl methyl sites for hydroxylation is 1. The molecule has 0 saturated carbocycles. The second-order valence-corrected chi connectivity index (χ2v) is 13.2. The van der Waals surface area contributed by atoms with Crippen molar-refractivity contribution in [1.82, 2.24) is 4.90 Å². The predicted molar refractivity (Wildman–Crippen MR) is 166 cm³/mol. The number of allylic oxidation sites excluding steroid dienone is 7. The van der Waals surface area contributed by atoms with Gasteiger partial charge in [-0.05, 0) is 147 Å². The lowest BCUT2D eigenvalue weighted by molar-refractivity contribution is -0.120. The Labute approximate surface area is 245 Å². The number of phenolic OH excluding ortho intramolecular Hbond substituents is 1. The molecule has 0 aromatic heterocycles. The van der Waals surface area contributed by atoms with Gasteiger partial charge in [-0.1, -0.05) is 25.5 Å². The van der Waals surface area contributed by atoms with E-state index in [1.165, 1.54) is 17.0 Å². The topological polar surface area (TPSA) is 23.5 Å². The smallest absolute Gasteiger partial charge is 0.392 e. The molecule has 8 heteroatoms. The van der Waals surface area contributed by atoms with Crippen molar-refractivity contribution >= 4 is 21.4 Å². The van der Waals surface area contributed by atoms with Crippen molar-refractivity contribution in [3.8, 4) is 5.75 Å². The van der Waals surface area contributed by atoms with Gasteiger partial charge in [-0.3, -0.25) is 0 Å². The Morgan fingerprint density at radius 2 is 1.78 bits per heavy atom. The molecule has 2 rings (SSSR count). The van der Waals surface area contributed by atoms with Crippen LogP contribution in [-0.4, -0.2) is 54.1 Å². The number of fused-ring (bicyclic) bond motifs is 1. The van der Waals surface area contributed by atoms with Crippen LogP contribution in [0, 0.1) is 0 Å². The number of halogens is 5. The SMILES string of the molecule is C=C(C)/S(=C\CC(F)(F)F)CCCN(C)CCCCCCC1=C(/C(C)=C/C(F)=C\CF)CCCc2cc(O)ccc21. The largest absolute Gasteiger partial charge is 0.508 e. The lowest BCUT2D eigenvalue weighted by Crippen LogP contribution is -2.21. The molecule has 41 heavy (non-hydrogen) atoms. The van der Waals surface area contributed by atoms with Crippen LogP contribution in [0.1, 0.15) is 82.8 Å². The first-order valence-corrected chi connectivity index (χ1v) is 16.0. The van der Waals surface area contributed by atoms with Crippen molar-refractivity contribution in [2.75, 3.05) is 32.6 Å². The van der Waals surface area contributed by atoms with E-state index in [0.717, 1.165) is 104 Å². The number of benzene rings is 1. The summed E-state index contributed by atoms with van der Waals surface area (Å²) < 4.78 is 64.5. The second kappa shape index (κ2) is 17.7. The van der Waals surface area contributed by atoms with E-state index in [1.807, 2.05) is 19.1 Å². The number of aromatic hydroxyl groups is 1. The summed E-state index contributed by atoms with van der Waals surface area (Å²) in [5, 5.41) is 11.4. The molecule has 0 saturated heterocycles. The average molecular weight is 600 g/mol. The highest BCUT2D eigenvalue weighted by molar-refractivity contribution is 8.18. The highest BCUT2D eigenvalue weighted by Crippen LogP contribution is 2.38. The molecule has 0 spiro atoms. The third-order valence-electron chi connectivity index (χ3n) is 7.34. The van der Waals surface area contributed by atoms with Crippen molar-refractivity contribution in [1.29, 1.82) is 0 Å². The van der Waals surface area contributed by atoms with Crippen molar-refractivity contribution in [2.24, 2.45) is 0 Å². The molecule has 0 fully saturated rings. The highest BCUT2D eigenvalue weighted by Gasteiger charge is 2.25. The molecule has 1 aromatic rings. The van der Waals surface area contributed by atoms with E-state index < -0.39 is 35.6 Å². The van der Waals surface area contributed by atoms with Crippen molar-refractivity contribution in [3.63, 3.8) is 0 Å². The summed E-state index contributed by atoms with van der Waals surface area (Å²) >= 11 is 0. The summed E-state index contributed by atoms with van der Waals surface area (Å²) in [5.41, 5.74) is 5.33. The molecule has 1 atom stereocenters. The molecule has 1 unspecified atom stereocenters. The minimum Gasteiger partial charge on any atom is -0.508 e. The number of nitrogens with zero attached hydrogens (tertiary/aromatic N) is 1. The zero-order valence-electron chi connectivity index (χ0n) is 24.8. The summed E-state index contributed by atoms with van der Waals surface area (Å²) in [4.78, 5) is 3.04. The summed E-state index contributed by atoms with van der Waals surface area (Å²) in [6.45, 7) is 8.50. The minimum atomic E-state index is -4.17. The van der Waals surface area contributed by atoms with Crippen molar-refractivity contribution in [2.45, 2.75) is 84.2 Å². The van der Waals surface area contributed by atoms with E-state index in [4.69, 9.17) is 0 Å². The van der Waals surface area contributed by atoms with Crippen LogP contribution in [0.2, 0.25) is 0 Å². The molecule has 0 bridgehead atoms. The van der Waals surface area contributed by atoms with Gasteiger partial charge in [-0.15, -0.1) is 0 Å². The maximum Gasteiger partial charge on any atom is 0.392 e. The van der Waals surface area contributed by atoms with Crippen LogP contribution >= 0.6 is 10.5 Å². The number of phenols is 1. The second-order valence-electron chi connectivity index (χ2n) is 10.9. The lowest BCUT2D eigenvalue weighted by Gasteiger charge is -2.18. The number of rotatable bonds is 16. The van der Waals surface area contributed by atoms with Crippen LogP contribution in [0.25, 0.3) is 5.57 Å². The maximum absolute atomic E-state index is 14.1. The Morgan fingerprint density at radius 3 is 2.46 bits per heavy atom. The Kier molecular flexibility index (Phi) is 15.1. The first-order valence-electron chi connectivity index (χ1n) is 14.5. The van der Waals surface area contributed by atoms with Gasteiger partial charge in [0.1, 0.15) is 18.3 Å². The summed E-state index contributed by atoms with van der Waals surface area (Å²) in [7, 11) is 1.54. The molecule has 1 aromatic carbocycles. The Morgan fingerprint density at radius 1 is 1.07 bits per heavy atom. The first kappa shape index (κ1) is 35.0. The zero-order chi connectivity index (χ0) is 30.4. The van der Waals surface area contributed by atoms with Gasteiger partial charge in [-0.25, -0.2) is 8.78 Å². The number of hydrogen-bond acceptors (Lipinski definition) is 2. The fraction of sp³-hybridized carbons (Fsp3) is 0.545. The fourth-order valence-corrected chi connectivity index (χ4v) is 6.86. The lowest BCUT2D eigenvalue weighted by atomic mass is 9.89. The molecule has 1 N–H and O–H groups in total. The Hall–Kier alpha value is -2.19. The Bertz CT molecular complexity index is 1130. The third kappa shape index (κ3) is 13.1. The van der Waals surface area contributed by atoms with E-state index in [2.05, 4.69) is 18.5 Å². The zero-order valence-corrected chi connectivity index (χ0v) is 25.6. The van der Waals surface area contributed by atoms with E-state index in [1.54, 1.807) is 13.0 Å². The summed E-state index contributed by atoms with van der Waals surface area (Å²) in [6.07, 6.45) is 5.68. The van der Waals surface area contributed by atoms with Crippen LogP contribution in [0.15, 0.2) is 58.8 Å². The highest BCUT2D eigenvalue weighted by atomic mass is 32.2. The fourth-order valence-electron chi connectivity index (χ4n) is 5.23. The standard InChI is InChI=1S/C33H46F5NOS/c1-25(2)41(22-17-33(36,37)38)21-10-20-39(4)19-8-6-5-7-12-32-30(26(3)23-28(35)16-18-34)13-9-11-27-24-29(40)14-15-31(27)32/h14-16,22-24,40H,1,5-13,17-21H2,2-4H3/b26-23+,28-16+. The molecule has 0 aliphatic heterocycles. The quantitative estimate of drug-likeness (QED) is 0.0885. The van der Waals surface area contributed by atoms with Crippen LogP contribution in [0.4, 0.5) is 22.0 Å². The van der Waals surface area contributed by atoms with Crippen molar-refractivity contribution in [3.05, 3.63) is 69.9 Å². The molecule has 0 amide bonds. The molecule has 1 aliphatic carbocycles. The number of hydrogen-bond donors (Lipinski definition) is 1. The number of unbranched alkanes of at least 4 members (excludes halogenated alkanes) is 3. The third-order valence-corrected chi connectivity index (χ3v) is 9.53. The van der Waals surface area contributed by atoms with Crippen LogP contribution in [-0.2, 0) is 6.42 Å². The van der Waals surface area contributed by atoms with E-state index in [9.17, 15) is 27.1 Å². The normalized spacial score (nSPS) is 15.8. The van der Waals surface area contributed by atoms with Gasteiger partial charge in [0.2, 0.25) is 0 Å². The van der Waals surface area contributed by atoms with Gasteiger partial charge in [0, 0.05) is 0 Å². The van der Waals surface area contributed by atoms with E-state index in [-0.39, 0.29) is 5.75 Å². The molecule has 1 aliphatic rings. The van der Waals surface area contributed by atoms with Crippen LogP contribution in [0.3, 0.4) is 0 Å². The molecule has 230 valence electrons. The van der Waals surface area contributed by atoms with Crippen LogP contribution in [0.5, 0.6) is 5.75 Å². The molecule has 0 radical (unpaired) electrons. The van der Waals surface area contributed by atoms with Gasteiger partial charge < -0.3 is 10.0 Å². The predicted octanol–water partition coefficient (Wildman–Crippen LogP) is 10.1. The van der Waals surface area contributed by atoms with Crippen LogP contribution < -0.4 is 0 Å². The van der Waals surface area contributed by atoms with E-state index >= 15 is 0 Å². The Balaban J connectivity index is 1.91. The molecular weight excluding hydrogens is 553 g/mol. The van der Waals surface area contributed by atoms with Gasteiger partial charge in [0.15, 0.2) is 0 Å². The van der Waals surface area contributed by atoms with Gasteiger partial charge >= 0.3 is 6.18 Å². The molecule has 0 heterocycles. The van der Waals surface area contributed by atoms with E-state index in [0.29, 0.717) is 5.75 Å². The monoisotopic (exact) mass is 599 g/mol. The molecule has 2 nitrogen and oxygen atoms in total. The summed E-state index contributed by atoms with van der Waals surface area (Å²) in [6, 6.07) is 5.49. The van der Waals surface area contributed by atoms with Gasteiger partial charge in [-0.2, -0.15) is 23.7 Å². The van der Waals surface area contributed by atoms with Crippen molar-refractivity contribution < 1.29 is 27.1 Å². The first-order chi connectivity index (χ1) is 19.4. The maximum atomic E-state index is 14.1.